The van der Waals surface area contributed by atoms with E-state index < -0.39 is 23.8 Å². The van der Waals surface area contributed by atoms with E-state index in [0.29, 0.717) is 36.2 Å². The number of fused-ring (bicyclic) bond motifs is 1. The van der Waals surface area contributed by atoms with E-state index in [4.69, 9.17) is 10.5 Å². The fraction of sp³-hybridized carbons (Fsp3) is 0.258. The molecule has 2 aromatic heterocycles. The highest BCUT2D eigenvalue weighted by atomic mass is 19.3. The smallest absolute Gasteiger partial charge is 0.276 e. The predicted molar refractivity (Wildman–Crippen MR) is 154 cm³/mol. The number of aromatic amines is 1. The fourth-order valence-electron chi connectivity index (χ4n) is 4.74. The number of hydrogen-bond donors (Lipinski definition) is 3. The molecule has 0 radical (unpaired) electrons. The summed E-state index contributed by atoms with van der Waals surface area (Å²) in [6, 6.07) is 13.6. The molecule has 42 heavy (non-hydrogen) atoms. The van der Waals surface area contributed by atoms with Crippen molar-refractivity contribution in [1.82, 2.24) is 25.4 Å². The lowest BCUT2D eigenvalue weighted by Crippen LogP contribution is -2.38. The highest BCUT2D eigenvalue weighted by Crippen LogP contribution is 2.30. The number of nitrogens with zero attached hydrogens (tertiary/aromatic N) is 3. The number of pyridine rings is 1. The van der Waals surface area contributed by atoms with Crippen molar-refractivity contribution in [3.05, 3.63) is 102 Å². The minimum atomic E-state index is -2.59. The maximum atomic E-state index is 13.9. The van der Waals surface area contributed by atoms with Gasteiger partial charge in [-0.2, -0.15) is 5.10 Å². The van der Waals surface area contributed by atoms with Crippen molar-refractivity contribution in [2.24, 2.45) is 5.73 Å². The van der Waals surface area contributed by atoms with Crippen LogP contribution in [0.1, 0.15) is 35.8 Å². The van der Waals surface area contributed by atoms with Gasteiger partial charge in [-0.05, 0) is 60.5 Å². The number of ether oxygens (including phenoxy) is 1. The molecule has 2 aromatic carbocycles. The molecule has 1 atom stereocenters. The molecule has 11 heteroatoms. The molecule has 1 fully saturated rings. The van der Waals surface area contributed by atoms with Crippen molar-refractivity contribution in [1.29, 1.82) is 0 Å². The third-order valence-electron chi connectivity index (χ3n) is 7.03. The second kappa shape index (κ2) is 12.5. The molecule has 1 amide bonds. The number of nitrogens with one attached hydrogen (secondary N) is 2. The molecule has 1 aliphatic heterocycles. The lowest BCUT2D eigenvalue weighted by Gasteiger charge is -2.31. The van der Waals surface area contributed by atoms with Crippen molar-refractivity contribution in [2.45, 2.75) is 38.3 Å². The fourth-order valence-corrected chi connectivity index (χ4v) is 4.74. The largest absolute Gasteiger partial charge is 0.484 e. The summed E-state index contributed by atoms with van der Waals surface area (Å²) >= 11 is 0. The van der Waals surface area contributed by atoms with Crippen LogP contribution in [0, 0.1) is 5.82 Å². The number of allylic oxidation sites excluding steroid dienone is 1. The van der Waals surface area contributed by atoms with Gasteiger partial charge in [0.05, 0.1) is 11.2 Å². The standard InChI is InChI=1S/C31H31F3N6O2/c1-20(42-28-5-3-2-4-26(28)32)6-8-24(16-35)37-30(41)29-25-15-22(7-9-27(25)38-39-29)23-14-21(17-36-18-23)19-40-12-10-31(33,34)11-13-40/h2-9,14-18,20H,10-13,19,35H2,1H3,(H,37,41)(H,38,39)/b8-6-,24-16+. The molecular weight excluding hydrogens is 545 g/mol. The van der Waals surface area contributed by atoms with E-state index in [0.717, 1.165) is 16.7 Å². The van der Waals surface area contributed by atoms with Gasteiger partial charge in [0, 0.05) is 62.0 Å². The summed E-state index contributed by atoms with van der Waals surface area (Å²) in [6.45, 7) is 2.94. The molecule has 0 spiro atoms. The number of rotatable bonds is 9. The van der Waals surface area contributed by atoms with Crippen LogP contribution in [0.5, 0.6) is 5.75 Å². The number of aromatic nitrogens is 3. The Balaban J connectivity index is 1.27. The topological polar surface area (TPSA) is 109 Å². The maximum Gasteiger partial charge on any atom is 0.276 e. The van der Waals surface area contributed by atoms with Crippen molar-refractivity contribution in [3.8, 4) is 16.9 Å². The zero-order valence-corrected chi connectivity index (χ0v) is 23.0. The molecule has 4 aromatic rings. The van der Waals surface area contributed by atoms with Crippen LogP contribution in [0.4, 0.5) is 13.2 Å². The SMILES string of the molecule is CC(/C=C\C(=C/N)NC(=O)c1n[nH]c2ccc(-c3cncc(CN4CCC(F)(F)CC4)c3)cc12)Oc1ccccc1F. The van der Waals surface area contributed by atoms with E-state index in [9.17, 15) is 18.0 Å². The summed E-state index contributed by atoms with van der Waals surface area (Å²) < 4.78 is 46.5. The van der Waals surface area contributed by atoms with Gasteiger partial charge in [-0.25, -0.2) is 13.2 Å². The molecule has 1 saturated heterocycles. The van der Waals surface area contributed by atoms with Crippen LogP contribution in [0.2, 0.25) is 0 Å². The highest BCUT2D eigenvalue weighted by molar-refractivity contribution is 6.06. The number of amides is 1. The van der Waals surface area contributed by atoms with E-state index in [2.05, 4.69) is 20.5 Å². The number of nitrogens with two attached hydrogens (primary N) is 1. The third-order valence-corrected chi connectivity index (χ3v) is 7.03. The minimum Gasteiger partial charge on any atom is -0.484 e. The lowest BCUT2D eigenvalue weighted by atomic mass is 10.0. The number of likely N-dealkylation sites (tertiary alicyclic amines) is 1. The molecule has 5 rings (SSSR count). The number of para-hydroxylation sites is 1. The maximum absolute atomic E-state index is 13.9. The first-order valence-corrected chi connectivity index (χ1v) is 13.6. The highest BCUT2D eigenvalue weighted by Gasteiger charge is 2.33. The molecule has 0 saturated carbocycles. The summed E-state index contributed by atoms with van der Waals surface area (Å²) in [5, 5.41) is 10.4. The van der Waals surface area contributed by atoms with Crippen molar-refractivity contribution in [3.63, 3.8) is 0 Å². The molecule has 3 heterocycles. The van der Waals surface area contributed by atoms with Crippen LogP contribution >= 0.6 is 0 Å². The van der Waals surface area contributed by atoms with Crippen LogP contribution in [0.3, 0.4) is 0 Å². The Labute approximate surface area is 241 Å². The molecular formula is C31H31F3N6O2. The zero-order chi connectivity index (χ0) is 29.7. The van der Waals surface area contributed by atoms with Gasteiger partial charge in [0.1, 0.15) is 6.10 Å². The van der Waals surface area contributed by atoms with Gasteiger partial charge >= 0.3 is 0 Å². The number of hydrogen-bond acceptors (Lipinski definition) is 6. The monoisotopic (exact) mass is 576 g/mol. The first kappa shape index (κ1) is 28.9. The summed E-state index contributed by atoms with van der Waals surface area (Å²) in [7, 11) is 0. The zero-order valence-electron chi connectivity index (χ0n) is 23.0. The van der Waals surface area contributed by atoms with Crippen LogP contribution in [0.15, 0.2) is 85.0 Å². The van der Waals surface area contributed by atoms with Gasteiger partial charge in [0.15, 0.2) is 17.3 Å². The van der Waals surface area contributed by atoms with Gasteiger partial charge < -0.3 is 15.8 Å². The lowest BCUT2D eigenvalue weighted by molar-refractivity contribution is -0.0566. The number of piperidine rings is 1. The van der Waals surface area contributed by atoms with Crippen LogP contribution in [-0.2, 0) is 6.54 Å². The van der Waals surface area contributed by atoms with Crippen LogP contribution in [0.25, 0.3) is 22.0 Å². The Kier molecular flexibility index (Phi) is 8.58. The number of carbonyl (C=O) groups is 1. The number of alkyl halides is 2. The Hall–Kier alpha value is -4.64. The first-order valence-electron chi connectivity index (χ1n) is 13.6. The average Bonchev–Trinajstić information content (AvgIpc) is 3.41. The molecule has 8 nitrogen and oxygen atoms in total. The van der Waals surface area contributed by atoms with Gasteiger partial charge in [-0.15, -0.1) is 0 Å². The second-order valence-corrected chi connectivity index (χ2v) is 10.2. The van der Waals surface area contributed by atoms with Crippen LogP contribution in [-0.4, -0.2) is 51.1 Å². The minimum absolute atomic E-state index is 0.118. The quantitative estimate of drug-likeness (QED) is 0.226. The Morgan fingerprint density at radius 2 is 1.95 bits per heavy atom. The Bertz CT molecular complexity index is 1620. The van der Waals surface area contributed by atoms with E-state index in [1.807, 2.05) is 29.2 Å². The molecule has 1 unspecified atom stereocenters. The number of H-pyrrole nitrogens is 1. The van der Waals surface area contributed by atoms with E-state index in [-0.39, 0.29) is 24.3 Å². The number of benzene rings is 2. The van der Waals surface area contributed by atoms with Crippen molar-refractivity contribution < 1.29 is 22.7 Å². The van der Waals surface area contributed by atoms with E-state index >= 15 is 0 Å². The Morgan fingerprint density at radius 3 is 2.71 bits per heavy atom. The van der Waals surface area contributed by atoms with Crippen LogP contribution < -0.4 is 15.8 Å². The average molecular weight is 577 g/mol. The van der Waals surface area contributed by atoms with E-state index in [1.54, 1.807) is 43.6 Å². The summed E-state index contributed by atoms with van der Waals surface area (Å²) in [6.07, 6.45) is 7.14. The van der Waals surface area contributed by atoms with Gasteiger partial charge in [0.25, 0.3) is 11.8 Å². The molecule has 218 valence electrons. The Morgan fingerprint density at radius 1 is 1.17 bits per heavy atom. The number of carbonyl (C=O) groups excluding carboxylic acids is 1. The molecule has 1 aliphatic rings. The van der Waals surface area contributed by atoms with Crippen molar-refractivity contribution >= 4 is 16.8 Å². The molecule has 0 bridgehead atoms. The van der Waals surface area contributed by atoms with Gasteiger partial charge in [-0.3, -0.25) is 19.8 Å². The van der Waals surface area contributed by atoms with Gasteiger partial charge in [-0.1, -0.05) is 18.2 Å². The summed E-state index contributed by atoms with van der Waals surface area (Å²) in [5.41, 5.74) is 9.47. The first-order chi connectivity index (χ1) is 20.2. The normalized spacial score (nSPS) is 16.5. The van der Waals surface area contributed by atoms with E-state index in [1.165, 1.54) is 18.3 Å². The predicted octanol–water partition coefficient (Wildman–Crippen LogP) is 5.55. The van der Waals surface area contributed by atoms with Gasteiger partial charge in [0.2, 0.25) is 0 Å². The second-order valence-electron chi connectivity index (χ2n) is 10.2. The van der Waals surface area contributed by atoms with Crippen molar-refractivity contribution in [2.75, 3.05) is 13.1 Å². The number of halogens is 3. The molecule has 0 aliphatic carbocycles. The summed E-state index contributed by atoms with van der Waals surface area (Å²) in [5.74, 6) is -3.42. The molecule has 4 N–H and O–H groups in total. The third kappa shape index (κ3) is 6.98. The summed E-state index contributed by atoms with van der Waals surface area (Å²) in [4.78, 5) is 19.5.